The third-order valence-corrected chi connectivity index (χ3v) is 2.36. The van der Waals surface area contributed by atoms with E-state index in [1.54, 1.807) is 6.26 Å². The third-order valence-electron chi connectivity index (χ3n) is 2.36. The molecular weight excluding hydrogens is 180 g/mol. The molecule has 14 heavy (non-hydrogen) atoms. The van der Waals surface area contributed by atoms with Gasteiger partial charge in [0, 0.05) is 6.04 Å². The van der Waals surface area contributed by atoms with Crippen LogP contribution in [-0.4, -0.2) is 23.4 Å². The molecule has 76 valence electrons. The van der Waals surface area contributed by atoms with Crippen molar-refractivity contribution in [1.29, 1.82) is 0 Å². The summed E-state index contributed by atoms with van der Waals surface area (Å²) in [4.78, 5) is 12.9. The second-order valence-electron chi connectivity index (χ2n) is 3.68. The van der Waals surface area contributed by atoms with E-state index in [4.69, 9.17) is 10.2 Å². The molecule has 0 unspecified atom stereocenters. The summed E-state index contributed by atoms with van der Waals surface area (Å²) >= 11 is 0. The molecule has 2 N–H and O–H groups in total. The molecule has 4 heteroatoms. The molecule has 1 saturated carbocycles. The number of amides is 1. The number of carbonyl (C=O) groups is 1. The molecule has 0 atom stereocenters. The van der Waals surface area contributed by atoms with Crippen LogP contribution in [0.15, 0.2) is 22.8 Å². The van der Waals surface area contributed by atoms with E-state index < -0.39 is 0 Å². The zero-order valence-electron chi connectivity index (χ0n) is 7.98. The van der Waals surface area contributed by atoms with E-state index in [9.17, 15) is 4.79 Å². The predicted octanol–water partition coefficient (Wildman–Crippen LogP) is 0.729. The lowest BCUT2D eigenvalue weighted by Crippen LogP contribution is -2.34. The second-order valence-corrected chi connectivity index (χ2v) is 3.68. The molecule has 1 amide bonds. The number of furan rings is 1. The topological polar surface area (TPSA) is 59.5 Å². The number of nitrogens with zero attached hydrogens (tertiary/aromatic N) is 1. The summed E-state index contributed by atoms with van der Waals surface area (Å²) in [7, 11) is 0. The Hall–Kier alpha value is -1.29. The first-order valence-electron chi connectivity index (χ1n) is 4.80. The minimum Gasteiger partial charge on any atom is -0.468 e. The van der Waals surface area contributed by atoms with Gasteiger partial charge in [-0.1, -0.05) is 0 Å². The molecule has 1 aliphatic carbocycles. The highest BCUT2D eigenvalue weighted by atomic mass is 16.3. The van der Waals surface area contributed by atoms with Gasteiger partial charge in [0.25, 0.3) is 0 Å². The summed E-state index contributed by atoms with van der Waals surface area (Å²) in [6.07, 6.45) is 3.96. The Morgan fingerprint density at radius 2 is 2.43 bits per heavy atom. The van der Waals surface area contributed by atoms with Crippen LogP contribution in [-0.2, 0) is 11.3 Å². The van der Waals surface area contributed by atoms with E-state index in [-0.39, 0.29) is 5.91 Å². The van der Waals surface area contributed by atoms with Crippen LogP contribution in [0.25, 0.3) is 0 Å². The van der Waals surface area contributed by atoms with E-state index in [0.717, 1.165) is 18.6 Å². The van der Waals surface area contributed by atoms with Crippen molar-refractivity contribution in [3.8, 4) is 0 Å². The minimum atomic E-state index is -0.275. The summed E-state index contributed by atoms with van der Waals surface area (Å²) in [5.41, 5.74) is 5.18. The first kappa shape index (κ1) is 9.27. The van der Waals surface area contributed by atoms with Crippen LogP contribution in [0.3, 0.4) is 0 Å². The Labute approximate surface area is 82.7 Å². The first-order chi connectivity index (χ1) is 6.75. The van der Waals surface area contributed by atoms with Crippen LogP contribution in [0.5, 0.6) is 0 Å². The minimum absolute atomic E-state index is 0.275. The van der Waals surface area contributed by atoms with Crippen molar-refractivity contribution in [2.75, 3.05) is 6.54 Å². The van der Waals surface area contributed by atoms with Crippen LogP contribution in [0.4, 0.5) is 0 Å². The number of hydrogen-bond acceptors (Lipinski definition) is 3. The molecule has 0 spiro atoms. The maximum Gasteiger partial charge on any atom is 0.231 e. The zero-order valence-corrected chi connectivity index (χ0v) is 7.98. The standard InChI is InChI=1S/C10H14N2O2/c11-10(13)7-12(8-3-4-8)6-9-2-1-5-14-9/h1-2,5,8H,3-4,6-7H2,(H2,11,13). The van der Waals surface area contributed by atoms with E-state index in [1.165, 1.54) is 0 Å². The Bertz CT molecular complexity index is 304. The van der Waals surface area contributed by atoms with Crippen molar-refractivity contribution >= 4 is 5.91 Å². The van der Waals surface area contributed by atoms with Gasteiger partial charge in [0.15, 0.2) is 0 Å². The van der Waals surface area contributed by atoms with Crippen LogP contribution in [0.1, 0.15) is 18.6 Å². The summed E-state index contributed by atoms with van der Waals surface area (Å²) in [5.74, 6) is 0.613. The fraction of sp³-hybridized carbons (Fsp3) is 0.500. The average Bonchev–Trinajstić information content (AvgIpc) is 2.85. The fourth-order valence-electron chi connectivity index (χ4n) is 1.56. The zero-order chi connectivity index (χ0) is 9.97. The van der Waals surface area contributed by atoms with Crippen LogP contribution < -0.4 is 5.73 Å². The Morgan fingerprint density at radius 1 is 1.64 bits per heavy atom. The van der Waals surface area contributed by atoms with Gasteiger partial charge < -0.3 is 10.2 Å². The highest BCUT2D eigenvalue weighted by Gasteiger charge is 2.30. The lowest BCUT2D eigenvalue weighted by molar-refractivity contribution is -0.119. The SMILES string of the molecule is NC(=O)CN(Cc1ccco1)C1CC1. The largest absolute Gasteiger partial charge is 0.468 e. The predicted molar refractivity (Wildman–Crippen MR) is 51.3 cm³/mol. The normalized spacial score (nSPS) is 16.1. The Balaban J connectivity index is 1.93. The first-order valence-corrected chi connectivity index (χ1v) is 4.80. The van der Waals surface area contributed by atoms with Gasteiger partial charge in [-0.25, -0.2) is 0 Å². The summed E-state index contributed by atoms with van der Waals surface area (Å²) in [5, 5.41) is 0. The smallest absolute Gasteiger partial charge is 0.231 e. The lowest BCUT2D eigenvalue weighted by atomic mass is 10.3. The van der Waals surface area contributed by atoms with Crippen LogP contribution >= 0.6 is 0 Å². The lowest BCUT2D eigenvalue weighted by Gasteiger charge is -2.18. The van der Waals surface area contributed by atoms with Gasteiger partial charge in [-0.2, -0.15) is 0 Å². The van der Waals surface area contributed by atoms with Gasteiger partial charge in [-0.15, -0.1) is 0 Å². The Kier molecular flexibility index (Phi) is 2.54. The van der Waals surface area contributed by atoms with Gasteiger partial charge in [0.1, 0.15) is 5.76 Å². The van der Waals surface area contributed by atoms with Crippen LogP contribution in [0.2, 0.25) is 0 Å². The van der Waals surface area contributed by atoms with Gasteiger partial charge >= 0.3 is 0 Å². The number of hydrogen-bond donors (Lipinski definition) is 1. The van der Waals surface area contributed by atoms with Gasteiger partial charge in [-0.3, -0.25) is 9.69 Å². The summed E-state index contributed by atoms with van der Waals surface area (Å²) in [6.45, 7) is 1.01. The Morgan fingerprint density at radius 3 is 2.93 bits per heavy atom. The van der Waals surface area contributed by atoms with Crippen molar-refractivity contribution in [2.45, 2.75) is 25.4 Å². The van der Waals surface area contributed by atoms with Crippen molar-refractivity contribution in [3.63, 3.8) is 0 Å². The molecule has 4 nitrogen and oxygen atoms in total. The fourth-order valence-corrected chi connectivity index (χ4v) is 1.56. The van der Waals surface area contributed by atoms with Crippen LogP contribution in [0, 0.1) is 0 Å². The molecule has 0 radical (unpaired) electrons. The second kappa shape index (κ2) is 3.84. The maximum atomic E-state index is 10.8. The van der Waals surface area contributed by atoms with E-state index in [2.05, 4.69) is 4.90 Å². The average molecular weight is 194 g/mol. The highest BCUT2D eigenvalue weighted by Crippen LogP contribution is 2.27. The molecule has 1 aromatic heterocycles. The van der Waals surface area contributed by atoms with Gasteiger partial charge in [0.2, 0.25) is 5.91 Å². The molecule has 1 fully saturated rings. The quantitative estimate of drug-likeness (QED) is 0.751. The van der Waals surface area contributed by atoms with Gasteiger partial charge in [-0.05, 0) is 25.0 Å². The van der Waals surface area contributed by atoms with Crippen molar-refractivity contribution in [2.24, 2.45) is 5.73 Å². The molecular formula is C10H14N2O2. The van der Waals surface area contributed by atoms with E-state index in [0.29, 0.717) is 19.1 Å². The number of nitrogens with two attached hydrogens (primary N) is 1. The maximum absolute atomic E-state index is 10.8. The molecule has 0 aliphatic heterocycles. The third kappa shape index (κ3) is 2.35. The van der Waals surface area contributed by atoms with Crippen molar-refractivity contribution < 1.29 is 9.21 Å². The molecule has 1 heterocycles. The highest BCUT2D eigenvalue weighted by molar-refractivity contribution is 5.76. The van der Waals surface area contributed by atoms with E-state index >= 15 is 0 Å². The molecule has 0 bridgehead atoms. The number of primary amides is 1. The monoisotopic (exact) mass is 194 g/mol. The molecule has 0 saturated heterocycles. The number of carbonyl (C=O) groups excluding carboxylic acids is 1. The number of rotatable bonds is 5. The molecule has 1 aromatic rings. The molecule has 2 rings (SSSR count). The summed E-state index contributed by atoms with van der Waals surface area (Å²) in [6, 6.07) is 4.29. The molecule has 0 aromatic carbocycles. The van der Waals surface area contributed by atoms with Crippen molar-refractivity contribution in [3.05, 3.63) is 24.2 Å². The molecule has 1 aliphatic rings. The van der Waals surface area contributed by atoms with Gasteiger partial charge in [0.05, 0.1) is 19.4 Å². The van der Waals surface area contributed by atoms with Crippen molar-refractivity contribution in [1.82, 2.24) is 4.90 Å². The van der Waals surface area contributed by atoms with E-state index in [1.807, 2.05) is 12.1 Å². The summed E-state index contributed by atoms with van der Waals surface area (Å²) < 4.78 is 5.23.